The third-order valence-electron chi connectivity index (χ3n) is 3.63. The summed E-state index contributed by atoms with van der Waals surface area (Å²) in [6, 6.07) is 21.1. The standard InChI is InChI=1S/C21H17NO2S/c23-21(24)19-6-1-2-7-20(19)25-15-17-10-8-16(9-11-17)12-13-18-5-3-4-14-22-18/h1-14H,15H2,(H,23,24)/b13-12+. The van der Waals surface area contributed by atoms with Crippen LogP contribution in [0.25, 0.3) is 12.2 Å². The van der Waals surface area contributed by atoms with Crippen molar-refractivity contribution in [2.75, 3.05) is 0 Å². The second kappa shape index (κ2) is 8.31. The normalized spacial score (nSPS) is 10.9. The molecule has 25 heavy (non-hydrogen) atoms. The van der Waals surface area contributed by atoms with Crippen LogP contribution in [0.1, 0.15) is 27.2 Å². The Bertz CT molecular complexity index is 874. The van der Waals surface area contributed by atoms with Gasteiger partial charge in [-0.15, -0.1) is 11.8 Å². The number of pyridine rings is 1. The third-order valence-corrected chi connectivity index (χ3v) is 4.77. The summed E-state index contributed by atoms with van der Waals surface area (Å²) in [5, 5.41) is 9.23. The first-order valence-corrected chi connectivity index (χ1v) is 8.84. The van der Waals surface area contributed by atoms with Crippen molar-refractivity contribution >= 4 is 29.9 Å². The minimum Gasteiger partial charge on any atom is -0.478 e. The third kappa shape index (κ3) is 4.81. The summed E-state index contributed by atoms with van der Waals surface area (Å²) in [5.74, 6) is -0.160. The van der Waals surface area contributed by atoms with E-state index in [1.807, 2.05) is 42.5 Å². The smallest absolute Gasteiger partial charge is 0.336 e. The second-order valence-electron chi connectivity index (χ2n) is 5.42. The van der Waals surface area contributed by atoms with Gasteiger partial charge in [-0.2, -0.15) is 0 Å². The van der Waals surface area contributed by atoms with Gasteiger partial charge in [0, 0.05) is 16.8 Å². The lowest BCUT2D eigenvalue weighted by molar-refractivity contribution is 0.0693. The monoisotopic (exact) mass is 347 g/mol. The van der Waals surface area contributed by atoms with Crippen molar-refractivity contribution in [2.24, 2.45) is 0 Å². The number of carboxylic acids is 1. The Balaban J connectivity index is 1.64. The Hall–Kier alpha value is -2.85. The van der Waals surface area contributed by atoms with Crippen molar-refractivity contribution < 1.29 is 9.90 Å². The molecule has 3 rings (SSSR count). The summed E-state index contributed by atoms with van der Waals surface area (Å²) in [7, 11) is 0. The Morgan fingerprint density at radius 1 is 0.960 bits per heavy atom. The number of hydrogen-bond donors (Lipinski definition) is 1. The fraction of sp³-hybridized carbons (Fsp3) is 0.0476. The van der Waals surface area contributed by atoms with E-state index in [0.717, 1.165) is 27.5 Å². The molecule has 0 atom stereocenters. The molecule has 1 aromatic heterocycles. The largest absolute Gasteiger partial charge is 0.478 e. The molecule has 0 amide bonds. The van der Waals surface area contributed by atoms with Gasteiger partial charge in [0.2, 0.25) is 0 Å². The van der Waals surface area contributed by atoms with Crippen LogP contribution in [-0.4, -0.2) is 16.1 Å². The highest BCUT2D eigenvalue weighted by Crippen LogP contribution is 2.26. The van der Waals surface area contributed by atoms with Gasteiger partial charge in [0.15, 0.2) is 0 Å². The number of aromatic nitrogens is 1. The molecule has 0 saturated carbocycles. The minimum absolute atomic E-state index is 0.349. The fourth-order valence-electron chi connectivity index (χ4n) is 2.31. The van der Waals surface area contributed by atoms with E-state index in [1.54, 1.807) is 18.3 Å². The zero-order valence-corrected chi connectivity index (χ0v) is 14.3. The van der Waals surface area contributed by atoms with Crippen molar-refractivity contribution in [3.8, 4) is 0 Å². The maximum Gasteiger partial charge on any atom is 0.336 e. The predicted octanol–water partition coefficient (Wildman–Crippen LogP) is 5.24. The Labute approximate surface area is 151 Å². The first kappa shape index (κ1) is 17.0. The topological polar surface area (TPSA) is 50.2 Å². The van der Waals surface area contributed by atoms with Gasteiger partial charge in [0.1, 0.15) is 0 Å². The number of nitrogens with zero attached hydrogens (tertiary/aromatic N) is 1. The molecule has 1 heterocycles. The zero-order chi connectivity index (χ0) is 17.5. The molecule has 3 nitrogen and oxygen atoms in total. The van der Waals surface area contributed by atoms with Gasteiger partial charge in [0.25, 0.3) is 0 Å². The van der Waals surface area contributed by atoms with Crippen LogP contribution in [0, 0.1) is 0 Å². The average molecular weight is 347 g/mol. The summed E-state index contributed by atoms with van der Waals surface area (Å²) in [4.78, 5) is 16.3. The highest BCUT2D eigenvalue weighted by molar-refractivity contribution is 7.98. The Kier molecular flexibility index (Phi) is 5.65. The minimum atomic E-state index is -0.891. The van der Waals surface area contributed by atoms with E-state index in [1.165, 1.54) is 11.8 Å². The number of rotatable bonds is 6. The zero-order valence-electron chi connectivity index (χ0n) is 13.5. The summed E-state index contributed by atoms with van der Waals surface area (Å²) in [6.07, 6.45) is 5.78. The van der Waals surface area contributed by atoms with Crippen molar-refractivity contribution in [3.63, 3.8) is 0 Å². The highest BCUT2D eigenvalue weighted by Gasteiger charge is 2.09. The molecule has 1 N–H and O–H groups in total. The summed E-state index contributed by atoms with van der Waals surface area (Å²) in [6.45, 7) is 0. The molecule has 0 radical (unpaired) electrons. The lowest BCUT2D eigenvalue weighted by Crippen LogP contribution is -1.98. The molecule has 4 heteroatoms. The number of benzene rings is 2. The molecule has 124 valence electrons. The van der Waals surface area contributed by atoms with Gasteiger partial charge in [0.05, 0.1) is 11.3 Å². The number of hydrogen-bond acceptors (Lipinski definition) is 3. The van der Waals surface area contributed by atoms with Crippen LogP contribution in [0.15, 0.2) is 77.8 Å². The second-order valence-corrected chi connectivity index (χ2v) is 6.44. The first-order valence-electron chi connectivity index (χ1n) is 7.85. The van der Waals surface area contributed by atoms with Crippen molar-refractivity contribution in [1.29, 1.82) is 0 Å². The van der Waals surface area contributed by atoms with Crippen LogP contribution in [0.5, 0.6) is 0 Å². The van der Waals surface area contributed by atoms with Crippen molar-refractivity contribution in [1.82, 2.24) is 4.98 Å². The SMILES string of the molecule is O=C(O)c1ccccc1SCc1ccc(/C=C/c2ccccn2)cc1. The summed E-state index contributed by atoms with van der Waals surface area (Å²) < 4.78 is 0. The van der Waals surface area contributed by atoms with Gasteiger partial charge < -0.3 is 5.11 Å². The van der Waals surface area contributed by atoms with Gasteiger partial charge in [-0.1, -0.05) is 48.5 Å². The summed E-state index contributed by atoms with van der Waals surface area (Å²) >= 11 is 1.54. The lowest BCUT2D eigenvalue weighted by atomic mass is 10.1. The van der Waals surface area contributed by atoms with E-state index >= 15 is 0 Å². The molecule has 0 unspecified atom stereocenters. The van der Waals surface area contributed by atoms with E-state index in [2.05, 4.69) is 29.2 Å². The van der Waals surface area contributed by atoms with Crippen LogP contribution < -0.4 is 0 Å². The number of aromatic carboxylic acids is 1. The lowest BCUT2D eigenvalue weighted by Gasteiger charge is -2.06. The molecule has 0 saturated heterocycles. The molecule has 3 aromatic rings. The van der Waals surface area contributed by atoms with Gasteiger partial charge >= 0.3 is 5.97 Å². The van der Waals surface area contributed by atoms with E-state index in [-0.39, 0.29) is 0 Å². The Morgan fingerprint density at radius 2 is 1.72 bits per heavy atom. The molecular weight excluding hydrogens is 330 g/mol. The molecule has 0 aliphatic carbocycles. The van der Waals surface area contributed by atoms with Crippen molar-refractivity contribution in [3.05, 3.63) is 95.3 Å². The fourth-order valence-corrected chi connectivity index (χ4v) is 3.31. The molecule has 0 bridgehead atoms. The molecular formula is C21H17NO2S. The number of thioether (sulfide) groups is 1. The average Bonchev–Trinajstić information content (AvgIpc) is 2.66. The van der Waals surface area contributed by atoms with Crippen molar-refractivity contribution in [2.45, 2.75) is 10.6 Å². The van der Waals surface area contributed by atoms with Crippen LogP contribution in [-0.2, 0) is 5.75 Å². The quantitative estimate of drug-likeness (QED) is 0.619. The molecule has 0 fully saturated rings. The van der Waals surface area contributed by atoms with Crippen LogP contribution in [0.3, 0.4) is 0 Å². The van der Waals surface area contributed by atoms with E-state index in [9.17, 15) is 9.90 Å². The Morgan fingerprint density at radius 3 is 2.44 bits per heavy atom. The first-order chi connectivity index (χ1) is 12.2. The number of carbonyl (C=O) groups is 1. The molecule has 2 aromatic carbocycles. The van der Waals surface area contributed by atoms with E-state index in [0.29, 0.717) is 5.56 Å². The van der Waals surface area contributed by atoms with Crippen LogP contribution in [0.2, 0.25) is 0 Å². The highest BCUT2D eigenvalue weighted by atomic mass is 32.2. The number of carboxylic acid groups (broad SMARTS) is 1. The van der Waals surface area contributed by atoms with Gasteiger partial charge in [-0.25, -0.2) is 4.79 Å². The van der Waals surface area contributed by atoms with E-state index in [4.69, 9.17) is 0 Å². The summed E-state index contributed by atoms with van der Waals surface area (Å²) in [5.41, 5.74) is 3.53. The van der Waals surface area contributed by atoms with E-state index < -0.39 is 5.97 Å². The van der Waals surface area contributed by atoms with Gasteiger partial charge in [-0.3, -0.25) is 4.98 Å². The maximum atomic E-state index is 11.2. The molecule has 0 spiro atoms. The predicted molar refractivity (Wildman–Crippen MR) is 103 cm³/mol. The maximum absolute atomic E-state index is 11.2. The van der Waals surface area contributed by atoms with Crippen LogP contribution >= 0.6 is 11.8 Å². The molecule has 0 aliphatic rings. The van der Waals surface area contributed by atoms with Crippen LogP contribution in [0.4, 0.5) is 0 Å². The van der Waals surface area contributed by atoms with Gasteiger partial charge in [-0.05, 0) is 41.5 Å². The molecule has 0 aliphatic heterocycles.